The molecule has 0 bridgehead atoms. The van der Waals surface area contributed by atoms with Crippen molar-refractivity contribution in [3.8, 4) is 11.3 Å². The smallest absolute Gasteiger partial charge is 0.119 e. The third kappa shape index (κ3) is 2.03. The van der Waals surface area contributed by atoms with Gasteiger partial charge in [-0.15, -0.1) is 11.3 Å². The summed E-state index contributed by atoms with van der Waals surface area (Å²) in [6.45, 7) is 2.11. The van der Waals surface area contributed by atoms with E-state index < -0.39 is 0 Å². The predicted octanol–water partition coefficient (Wildman–Crippen LogP) is 3.76. The molecule has 1 aromatic heterocycles. The van der Waals surface area contributed by atoms with E-state index in [1.165, 1.54) is 27.7 Å². The Morgan fingerprint density at radius 1 is 1.11 bits per heavy atom. The Hall–Kier alpha value is -1.71. The SMILES string of the molecule is Cc1ccc2cc(-c3csc(CO)n3)ccc2c1. The number of aliphatic hydroxyl groups excluding tert-OH is 1. The normalized spacial score (nSPS) is 11.0. The number of fused-ring (bicyclic) bond motifs is 1. The average Bonchev–Trinajstić information content (AvgIpc) is 2.87. The van der Waals surface area contributed by atoms with Gasteiger partial charge < -0.3 is 5.11 Å². The maximum Gasteiger partial charge on any atom is 0.119 e. The topological polar surface area (TPSA) is 33.1 Å². The lowest BCUT2D eigenvalue weighted by molar-refractivity contribution is 0.281. The molecule has 0 saturated heterocycles. The van der Waals surface area contributed by atoms with Crippen molar-refractivity contribution in [1.29, 1.82) is 0 Å². The largest absolute Gasteiger partial charge is 0.389 e. The van der Waals surface area contributed by atoms with Crippen LogP contribution in [0.15, 0.2) is 41.8 Å². The molecule has 0 spiro atoms. The number of thiazole rings is 1. The summed E-state index contributed by atoms with van der Waals surface area (Å²) in [5.41, 5.74) is 3.31. The number of aryl methyl sites for hydroxylation is 1. The summed E-state index contributed by atoms with van der Waals surface area (Å²) >= 11 is 1.49. The molecule has 2 aromatic carbocycles. The van der Waals surface area contributed by atoms with Crippen LogP contribution in [0.2, 0.25) is 0 Å². The van der Waals surface area contributed by atoms with Gasteiger partial charge in [0, 0.05) is 10.9 Å². The standard InChI is InChI=1S/C15H13NOS/c1-10-2-3-12-7-13(5-4-11(12)6-10)14-9-18-15(8-17)16-14/h2-7,9,17H,8H2,1H3. The summed E-state index contributed by atoms with van der Waals surface area (Å²) in [5, 5.41) is 14.3. The van der Waals surface area contributed by atoms with Crippen LogP contribution < -0.4 is 0 Å². The second kappa shape index (κ2) is 4.52. The molecule has 18 heavy (non-hydrogen) atoms. The van der Waals surface area contributed by atoms with Gasteiger partial charge in [0.2, 0.25) is 0 Å². The van der Waals surface area contributed by atoms with Crippen LogP contribution in [0, 0.1) is 6.92 Å². The number of hydrogen-bond donors (Lipinski definition) is 1. The number of aliphatic hydroxyl groups is 1. The van der Waals surface area contributed by atoms with Crippen LogP contribution >= 0.6 is 11.3 Å². The molecule has 1 N–H and O–H groups in total. The lowest BCUT2D eigenvalue weighted by atomic mass is 10.0. The van der Waals surface area contributed by atoms with Crippen LogP contribution in [-0.2, 0) is 6.61 Å². The molecule has 1 heterocycles. The Labute approximate surface area is 110 Å². The van der Waals surface area contributed by atoms with Crippen LogP contribution in [0.25, 0.3) is 22.0 Å². The first-order valence-corrected chi connectivity index (χ1v) is 6.70. The summed E-state index contributed by atoms with van der Waals surface area (Å²) in [7, 11) is 0. The number of hydrogen-bond acceptors (Lipinski definition) is 3. The van der Waals surface area contributed by atoms with Crippen molar-refractivity contribution in [3.05, 3.63) is 52.3 Å². The van der Waals surface area contributed by atoms with E-state index in [0.29, 0.717) is 0 Å². The van der Waals surface area contributed by atoms with E-state index in [9.17, 15) is 0 Å². The first-order chi connectivity index (χ1) is 8.76. The van der Waals surface area contributed by atoms with Crippen LogP contribution in [-0.4, -0.2) is 10.1 Å². The maximum atomic E-state index is 9.05. The number of aromatic nitrogens is 1. The zero-order valence-corrected chi connectivity index (χ0v) is 10.9. The van der Waals surface area contributed by atoms with Crippen molar-refractivity contribution < 1.29 is 5.11 Å². The molecule has 0 aliphatic heterocycles. The Morgan fingerprint density at radius 2 is 1.89 bits per heavy atom. The van der Waals surface area contributed by atoms with Crippen LogP contribution in [0.1, 0.15) is 10.6 Å². The minimum atomic E-state index is 0.0114. The van der Waals surface area contributed by atoms with Crippen LogP contribution in [0.4, 0.5) is 0 Å². The molecule has 0 amide bonds. The molecule has 0 saturated carbocycles. The number of nitrogens with zero attached hydrogens (tertiary/aromatic N) is 1. The Balaban J connectivity index is 2.10. The second-order valence-corrected chi connectivity index (χ2v) is 5.29. The highest BCUT2D eigenvalue weighted by molar-refractivity contribution is 7.09. The minimum absolute atomic E-state index is 0.0114. The van der Waals surface area contributed by atoms with E-state index in [0.717, 1.165) is 16.3 Å². The van der Waals surface area contributed by atoms with Gasteiger partial charge >= 0.3 is 0 Å². The van der Waals surface area contributed by atoms with Gasteiger partial charge in [-0.25, -0.2) is 4.98 Å². The van der Waals surface area contributed by atoms with Crippen molar-refractivity contribution >= 4 is 22.1 Å². The Kier molecular flexibility index (Phi) is 2.86. The summed E-state index contributed by atoms with van der Waals surface area (Å²) in [6, 6.07) is 12.8. The van der Waals surface area contributed by atoms with Crippen molar-refractivity contribution in [2.75, 3.05) is 0 Å². The summed E-state index contributed by atoms with van der Waals surface area (Å²) in [4.78, 5) is 4.39. The molecule has 0 atom stereocenters. The van der Waals surface area contributed by atoms with Gasteiger partial charge in [-0.05, 0) is 23.8 Å². The highest BCUT2D eigenvalue weighted by Gasteiger charge is 2.04. The van der Waals surface area contributed by atoms with E-state index in [1.54, 1.807) is 0 Å². The van der Waals surface area contributed by atoms with E-state index >= 15 is 0 Å². The molecular weight excluding hydrogens is 242 g/mol. The summed E-state index contributed by atoms with van der Waals surface area (Å²) in [6.07, 6.45) is 0. The van der Waals surface area contributed by atoms with Gasteiger partial charge in [0.1, 0.15) is 5.01 Å². The monoisotopic (exact) mass is 255 g/mol. The molecule has 0 radical (unpaired) electrons. The van der Waals surface area contributed by atoms with Crippen LogP contribution in [0.5, 0.6) is 0 Å². The molecule has 3 rings (SSSR count). The lowest BCUT2D eigenvalue weighted by Gasteiger charge is -2.02. The molecule has 2 nitrogen and oxygen atoms in total. The van der Waals surface area contributed by atoms with Gasteiger partial charge in [0.05, 0.1) is 12.3 Å². The molecule has 3 heteroatoms. The van der Waals surface area contributed by atoms with Crippen LogP contribution in [0.3, 0.4) is 0 Å². The fourth-order valence-electron chi connectivity index (χ4n) is 2.04. The molecule has 90 valence electrons. The van der Waals surface area contributed by atoms with Gasteiger partial charge in [-0.3, -0.25) is 0 Å². The quantitative estimate of drug-likeness (QED) is 0.756. The first-order valence-electron chi connectivity index (χ1n) is 5.82. The summed E-state index contributed by atoms with van der Waals surface area (Å²) < 4.78 is 0. The van der Waals surface area contributed by atoms with Gasteiger partial charge in [0.25, 0.3) is 0 Å². The fraction of sp³-hybridized carbons (Fsp3) is 0.133. The Morgan fingerprint density at radius 3 is 2.67 bits per heavy atom. The lowest BCUT2D eigenvalue weighted by Crippen LogP contribution is -1.83. The van der Waals surface area contributed by atoms with Crippen molar-refractivity contribution in [2.24, 2.45) is 0 Å². The van der Waals surface area contributed by atoms with Crippen molar-refractivity contribution in [2.45, 2.75) is 13.5 Å². The van der Waals surface area contributed by atoms with Gasteiger partial charge in [-0.1, -0.05) is 35.9 Å². The maximum absolute atomic E-state index is 9.05. The predicted molar refractivity (Wildman–Crippen MR) is 75.7 cm³/mol. The zero-order chi connectivity index (χ0) is 12.5. The van der Waals surface area contributed by atoms with E-state index in [1.807, 2.05) is 5.38 Å². The molecular formula is C15H13NOS. The summed E-state index contributed by atoms with van der Waals surface area (Å²) in [5.74, 6) is 0. The van der Waals surface area contributed by atoms with Gasteiger partial charge in [0.15, 0.2) is 0 Å². The average molecular weight is 255 g/mol. The fourth-order valence-corrected chi connectivity index (χ4v) is 2.70. The highest BCUT2D eigenvalue weighted by atomic mass is 32.1. The van der Waals surface area contributed by atoms with Crippen molar-refractivity contribution in [1.82, 2.24) is 4.98 Å². The Bertz CT molecular complexity index is 703. The first kappa shape index (κ1) is 11.4. The molecule has 0 unspecified atom stereocenters. The number of rotatable bonds is 2. The van der Waals surface area contributed by atoms with Gasteiger partial charge in [-0.2, -0.15) is 0 Å². The second-order valence-electron chi connectivity index (χ2n) is 4.35. The molecule has 0 aliphatic rings. The third-order valence-corrected chi connectivity index (χ3v) is 3.81. The zero-order valence-electron chi connectivity index (χ0n) is 10.1. The number of benzene rings is 2. The molecule has 0 aliphatic carbocycles. The molecule has 0 fully saturated rings. The van der Waals surface area contributed by atoms with Crippen molar-refractivity contribution in [3.63, 3.8) is 0 Å². The molecule has 3 aromatic rings. The highest BCUT2D eigenvalue weighted by Crippen LogP contribution is 2.26. The third-order valence-electron chi connectivity index (χ3n) is 2.98. The van der Waals surface area contributed by atoms with E-state index in [2.05, 4.69) is 48.3 Å². The van der Waals surface area contributed by atoms with E-state index in [-0.39, 0.29) is 6.61 Å². The minimum Gasteiger partial charge on any atom is -0.389 e. The van der Waals surface area contributed by atoms with E-state index in [4.69, 9.17) is 5.11 Å².